The number of benzene rings is 1. The van der Waals surface area contributed by atoms with Crippen LogP contribution in [0.2, 0.25) is 0 Å². The van der Waals surface area contributed by atoms with Gasteiger partial charge in [0.15, 0.2) is 0 Å². The van der Waals surface area contributed by atoms with E-state index in [0.717, 1.165) is 6.42 Å². The third kappa shape index (κ3) is 3.77. The molecule has 0 radical (unpaired) electrons. The normalized spacial score (nSPS) is 10.1. The van der Waals surface area contributed by atoms with E-state index >= 15 is 0 Å². The average Bonchev–Trinajstić information content (AvgIpc) is 2.46. The number of nitrogens with zero attached hydrogens (tertiary/aromatic N) is 3. The van der Waals surface area contributed by atoms with Crippen molar-refractivity contribution in [1.29, 1.82) is 5.26 Å². The van der Waals surface area contributed by atoms with E-state index in [0.29, 0.717) is 23.7 Å². The monoisotopic (exact) mass is 269 g/mol. The zero-order valence-corrected chi connectivity index (χ0v) is 11.5. The Morgan fingerprint density at radius 3 is 2.60 bits per heavy atom. The van der Waals surface area contributed by atoms with Crippen LogP contribution < -0.4 is 4.74 Å². The van der Waals surface area contributed by atoms with Gasteiger partial charge in [0.2, 0.25) is 0 Å². The van der Waals surface area contributed by atoms with Crippen LogP contribution in [0.3, 0.4) is 0 Å². The highest BCUT2D eigenvalue weighted by Gasteiger charge is 2.04. The first kappa shape index (κ1) is 14.0. The number of hydrogen-bond acceptors (Lipinski definition) is 5. The largest absolute Gasteiger partial charge is 0.424 e. The molecular formula is C15H15N3O2. The molecule has 0 aliphatic heterocycles. The smallest absolute Gasteiger partial charge is 0.323 e. The van der Waals surface area contributed by atoms with Crippen LogP contribution in [-0.2, 0) is 11.2 Å². The lowest BCUT2D eigenvalue weighted by atomic mass is 10.1. The molecule has 5 nitrogen and oxygen atoms in total. The molecule has 0 unspecified atom stereocenters. The number of methoxy groups -OCH3 is 1. The van der Waals surface area contributed by atoms with Crippen molar-refractivity contribution >= 4 is 0 Å². The van der Waals surface area contributed by atoms with E-state index in [1.54, 1.807) is 20.1 Å². The fourth-order valence-electron chi connectivity index (χ4n) is 1.69. The van der Waals surface area contributed by atoms with E-state index in [2.05, 4.69) is 9.97 Å². The van der Waals surface area contributed by atoms with Crippen molar-refractivity contribution in [2.75, 3.05) is 13.7 Å². The van der Waals surface area contributed by atoms with Crippen LogP contribution in [0.15, 0.2) is 30.3 Å². The predicted molar refractivity (Wildman–Crippen MR) is 73.6 cm³/mol. The molecule has 0 saturated carbocycles. The predicted octanol–water partition coefficient (Wildman–Crippen LogP) is 2.64. The van der Waals surface area contributed by atoms with E-state index in [4.69, 9.17) is 14.7 Å². The number of rotatable bonds is 5. The van der Waals surface area contributed by atoms with Crippen LogP contribution >= 0.6 is 0 Å². The summed E-state index contributed by atoms with van der Waals surface area (Å²) in [7, 11) is 1.68. The molecular weight excluding hydrogens is 254 g/mol. The van der Waals surface area contributed by atoms with Crippen LogP contribution in [-0.4, -0.2) is 23.7 Å². The summed E-state index contributed by atoms with van der Waals surface area (Å²) in [6.07, 6.45) is 0.857. The van der Waals surface area contributed by atoms with Crippen LogP contribution in [0.1, 0.15) is 17.0 Å². The van der Waals surface area contributed by atoms with Gasteiger partial charge in [0.05, 0.1) is 6.61 Å². The summed E-state index contributed by atoms with van der Waals surface area (Å²) < 4.78 is 10.6. The fraction of sp³-hybridized carbons (Fsp3) is 0.267. The molecule has 0 amide bonds. The van der Waals surface area contributed by atoms with Crippen LogP contribution in [0, 0.1) is 18.3 Å². The van der Waals surface area contributed by atoms with Gasteiger partial charge in [-0.2, -0.15) is 10.2 Å². The zero-order valence-electron chi connectivity index (χ0n) is 11.5. The van der Waals surface area contributed by atoms with Gasteiger partial charge in [-0.25, -0.2) is 4.98 Å². The molecule has 2 rings (SSSR count). The average molecular weight is 269 g/mol. The second kappa shape index (κ2) is 6.64. The summed E-state index contributed by atoms with van der Waals surface area (Å²) >= 11 is 0. The quantitative estimate of drug-likeness (QED) is 0.834. The third-order valence-corrected chi connectivity index (χ3v) is 2.68. The summed E-state index contributed by atoms with van der Waals surface area (Å²) in [6, 6.07) is 11.4. The van der Waals surface area contributed by atoms with Crippen LogP contribution in [0.5, 0.6) is 11.8 Å². The first-order chi connectivity index (χ1) is 9.71. The lowest BCUT2D eigenvalue weighted by Crippen LogP contribution is -1.97. The summed E-state index contributed by atoms with van der Waals surface area (Å²) in [4.78, 5) is 8.15. The van der Waals surface area contributed by atoms with Gasteiger partial charge >= 0.3 is 6.01 Å². The molecule has 0 bridgehead atoms. The van der Waals surface area contributed by atoms with E-state index in [1.807, 2.05) is 30.3 Å². The van der Waals surface area contributed by atoms with Crippen molar-refractivity contribution in [1.82, 2.24) is 9.97 Å². The van der Waals surface area contributed by atoms with Crippen molar-refractivity contribution in [3.63, 3.8) is 0 Å². The van der Waals surface area contributed by atoms with Crippen molar-refractivity contribution in [2.45, 2.75) is 13.3 Å². The van der Waals surface area contributed by atoms with Gasteiger partial charge in [0.1, 0.15) is 17.5 Å². The maximum Gasteiger partial charge on any atom is 0.323 e. The molecule has 102 valence electrons. The second-order valence-electron chi connectivity index (χ2n) is 4.28. The molecule has 0 N–H and O–H groups in total. The first-order valence-corrected chi connectivity index (χ1v) is 6.23. The Bertz CT molecular complexity index is 618. The highest BCUT2D eigenvalue weighted by Crippen LogP contribution is 2.19. The molecule has 1 aromatic heterocycles. The Balaban J connectivity index is 2.10. The van der Waals surface area contributed by atoms with E-state index in [9.17, 15) is 0 Å². The Morgan fingerprint density at radius 1 is 1.20 bits per heavy atom. The Labute approximate surface area is 117 Å². The zero-order chi connectivity index (χ0) is 14.4. The van der Waals surface area contributed by atoms with Gasteiger partial charge in [0, 0.05) is 12.8 Å². The van der Waals surface area contributed by atoms with Crippen molar-refractivity contribution in [3.8, 4) is 17.8 Å². The van der Waals surface area contributed by atoms with Gasteiger partial charge in [-0.1, -0.05) is 12.1 Å². The van der Waals surface area contributed by atoms with Crippen LogP contribution in [0.25, 0.3) is 0 Å². The Kier molecular flexibility index (Phi) is 4.64. The molecule has 0 atom stereocenters. The minimum absolute atomic E-state index is 0.186. The number of hydrogen-bond donors (Lipinski definition) is 0. The molecule has 2 aromatic rings. The van der Waals surface area contributed by atoms with E-state index in [-0.39, 0.29) is 6.01 Å². The highest BCUT2D eigenvalue weighted by molar-refractivity contribution is 5.31. The molecule has 1 heterocycles. The molecule has 20 heavy (non-hydrogen) atoms. The first-order valence-electron chi connectivity index (χ1n) is 6.23. The summed E-state index contributed by atoms with van der Waals surface area (Å²) in [5.74, 6) is 0.639. The molecule has 0 aliphatic rings. The molecule has 0 fully saturated rings. The number of nitriles is 1. The topological polar surface area (TPSA) is 68.0 Å². The summed E-state index contributed by atoms with van der Waals surface area (Å²) in [5.41, 5.74) is 2.16. The molecule has 5 heteroatoms. The van der Waals surface area contributed by atoms with Crippen molar-refractivity contribution in [3.05, 3.63) is 47.3 Å². The number of ether oxygens (including phenoxy) is 2. The van der Waals surface area contributed by atoms with E-state index < -0.39 is 0 Å². The summed E-state index contributed by atoms with van der Waals surface area (Å²) in [6.45, 7) is 2.48. The van der Waals surface area contributed by atoms with E-state index in [1.165, 1.54) is 5.56 Å². The highest BCUT2D eigenvalue weighted by atomic mass is 16.5. The maximum atomic E-state index is 8.86. The molecule has 0 saturated heterocycles. The summed E-state index contributed by atoms with van der Waals surface area (Å²) in [5, 5.41) is 8.86. The van der Waals surface area contributed by atoms with Gasteiger partial charge in [-0.05, 0) is 37.1 Å². The third-order valence-electron chi connectivity index (χ3n) is 2.68. The minimum Gasteiger partial charge on any atom is -0.424 e. The van der Waals surface area contributed by atoms with Crippen LogP contribution in [0.4, 0.5) is 0 Å². The van der Waals surface area contributed by atoms with Crippen molar-refractivity contribution < 1.29 is 9.47 Å². The maximum absolute atomic E-state index is 8.86. The van der Waals surface area contributed by atoms with Gasteiger partial charge < -0.3 is 9.47 Å². The Hall–Kier alpha value is -2.45. The fourth-order valence-corrected chi connectivity index (χ4v) is 1.69. The van der Waals surface area contributed by atoms with Gasteiger partial charge in [0.25, 0.3) is 0 Å². The Morgan fingerprint density at radius 2 is 1.95 bits per heavy atom. The second-order valence-corrected chi connectivity index (χ2v) is 4.28. The number of aryl methyl sites for hydroxylation is 1. The molecule has 0 spiro atoms. The lowest BCUT2D eigenvalue weighted by Gasteiger charge is -2.06. The van der Waals surface area contributed by atoms with Gasteiger partial charge in [-0.15, -0.1) is 0 Å². The molecule has 0 aliphatic carbocycles. The SMILES string of the molecule is COCCc1ccc(Oc2nc(C)cc(C#N)n2)cc1. The standard InChI is InChI=1S/C15H15N3O2/c1-11-9-13(10-16)18-15(17-11)20-14-5-3-12(4-6-14)7-8-19-2/h3-6,9H,7-8H2,1-2H3. The minimum atomic E-state index is 0.186. The molecule has 1 aromatic carbocycles. The van der Waals surface area contributed by atoms with Crippen molar-refractivity contribution in [2.24, 2.45) is 0 Å². The van der Waals surface area contributed by atoms with Gasteiger partial charge in [-0.3, -0.25) is 0 Å². The number of aromatic nitrogens is 2. The lowest BCUT2D eigenvalue weighted by molar-refractivity contribution is 0.202.